The van der Waals surface area contributed by atoms with Crippen molar-refractivity contribution in [1.29, 1.82) is 0 Å². The Hall–Kier alpha value is -1.14. The van der Waals surface area contributed by atoms with Gasteiger partial charge in [0.2, 0.25) is 0 Å². The zero-order valence-electron chi connectivity index (χ0n) is 12.5. The molecule has 0 fully saturated rings. The predicted octanol–water partition coefficient (Wildman–Crippen LogP) is 3.69. The minimum atomic E-state index is -4.10. The number of pyridine rings is 1. The predicted molar refractivity (Wildman–Crippen MR) is 75.7 cm³/mol. The van der Waals surface area contributed by atoms with Gasteiger partial charge in [0, 0.05) is 25.8 Å². The summed E-state index contributed by atoms with van der Waals surface area (Å²) in [7, 11) is 0. The molecule has 21 heavy (non-hydrogen) atoms. The van der Waals surface area contributed by atoms with Crippen LogP contribution < -0.4 is 5.32 Å². The van der Waals surface area contributed by atoms with Gasteiger partial charge in [-0.1, -0.05) is 19.9 Å². The molecule has 0 bridgehead atoms. The van der Waals surface area contributed by atoms with Crippen molar-refractivity contribution in [2.45, 2.75) is 46.0 Å². The second kappa shape index (κ2) is 9.00. The molecule has 0 aromatic carbocycles. The summed E-state index contributed by atoms with van der Waals surface area (Å²) in [6.45, 7) is 6.34. The monoisotopic (exact) mass is 304 g/mol. The maximum atomic E-state index is 11.9. The largest absolute Gasteiger partial charge is 0.389 e. The minimum Gasteiger partial charge on any atom is -0.375 e. The van der Waals surface area contributed by atoms with Crippen LogP contribution in [0.1, 0.15) is 37.9 Å². The zero-order chi connectivity index (χ0) is 15.7. The molecule has 1 N–H and O–H groups in total. The molecule has 6 heteroatoms. The van der Waals surface area contributed by atoms with Crippen LogP contribution in [0.5, 0.6) is 0 Å². The highest BCUT2D eigenvalue weighted by Crippen LogP contribution is 2.21. The Morgan fingerprint density at radius 3 is 2.62 bits per heavy atom. The van der Waals surface area contributed by atoms with E-state index in [1.807, 2.05) is 12.1 Å². The highest BCUT2D eigenvalue weighted by molar-refractivity contribution is 5.13. The fraction of sp³-hybridized carbons (Fsp3) is 0.667. The molecular formula is C15H23F3N2O. The van der Waals surface area contributed by atoms with E-state index in [1.54, 1.807) is 6.20 Å². The average Bonchev–Trinajstić information content (AvgIpc) is 2.38. The van der Waals surface area contributed by atoms with Crippen molar-refractivity contribution in [3.63, 3.8) is 0 Å². The van der Waals surface area contributed by atoms with Gasteiger partial charge in [-0.3, -0.25) is 4.98 Å². The summed E-state index contributed by atoms with van der Waals surface area (Å²) >= 11 is 0. The number of rotatable bonds is 9. The van der Waals surface area contributed by atoms with Gasteiger partial charge in [0.25, 0.3) is 0 Å². The topological polar surface area (TPSA) is 34.1 Å². The van der Waals surface area contributed by atoms with E-state index in [2.05, 4.69) is 24.1 Å². The van der Waals surface area contributed by atoms with Crippen LogP contribution in [0.4, 0.5) is 13.2 Å². The minimum absolute atomic E-state index is 0.0132. The third-order valence-corrected chi connectivity index (χ3v) is 2.77. The summed E-state index contributed by atoms with van der Waals surface area (Å²) in [6, 6.07) is 3.80. The Bertz CT molecular complexity index is 391. The van der Waals surface area contributed by atoms with Crippen molar-refractivity contribution < 1.29 is 17.9 Å². The molecule has 0 saturated heterocycles. The van der Waals surface area contributed by atoms with Gasteiger partial charge in [-0.05, 0) is 30.5 Å². The highest BCUT2D eigenvalue weighted by Gasteiger charge is 2.25. The lowest BCUT2D eigenvalue weighted by Gasteiger charge is -2.08. The molecule has 0 aliphatic rings. The van der Waals surface area contributed by atoms with E-state index in [1.165, 1.54) is 0 Å². The van der Waals surface area contributed by atoms with Crippen molar-refractivity contribution >= 4 is 0 Å². The summed E-state index contributed by atoms with van der Waals surface area (Å²) in [5.74, 6) is 0.599. The molecule has 1 aromatic rings. The SMILES string of the molecule is CC(C)CNCc1ccc(COCCCC(F)(F)F)nc1. The van der Waals surface area contributed by atoms with E-state index in [-0.39, 0.29) is 19.6 Å². The van der Waals surface area contributed by atoms with Gasteiger partial charge >= 0.3 is 6.18 Å². The van der Waals surface area contributed by atoms with Gasteiger partial charge < -0.3 is 10.1 Å². The van der Waals surface area contributed by atoms with Crippen LogP contribution in [-0.2, 0) is 17.9 Å². The third-order valence-electron chi connectivity index (χ3n) is 2.77. The van der Waals surface area contributed by atoms with Crippen LogP contribution in [0.25, 0.3) is 0 Å². The van der Waals surface area contributed by atoms with Crippen molar-refractivity contribution in [3.8, 4) is 0 Å². The number of ether oxygens (including phenoxy) is 1. The standard InChI is InChI=1S/C15H23F3N2O/c1-12(2)8-19-9-13-4-5-14(20-10-13)11-21-7-3-6-15(16,17)18/h4-5,10,12,19H,3,6-9,11H2,1-2H3. The fourth-order valence-corrected chi connectivity index (χ4v) is 1.70. The van der Waals surface area contributed by atoms with Crippen molar-refractivity contribution in [2.24, 2.45) is 5.92 Å². The molecule has 0 radical (unpaired) electrons. The Balaban J connectivity index is 2.19. The van der Waals surface area contributed by atoms with Crippen LogP contribution in [0.15, 0.2) is 18.3 Å². The quantitative estimate of drug-likeness (QED) is 0.707. The highest BCUT2D eigenvalue weighted by atomic mass is 19.4. The Morgan fingerprint density at radius 1 is 1.29 bits per heavy atom. The number of nitrogens with zero attached hydrogens (tertiary/aromatic N) is 1. The molecule has 1 rings (SSSR count). The zero-order valence-corrected chi connectivity index (χ0v) is 12.5. The van der Waals surface area contributed by atoms with Gasteiger partial charge in [0.1, 0.15) is 0 Å². The molecule has 3 nitrogen and oxygen atoms in total. The number of nitrogens with one attached hydrogen (secondary N) is 1. The molecule has 0 aliphatic heterocycles. The Morgan fingerprint density at radius 2 is 2.05 bits per heavy atom. The lowest BCUT2D eigenvalue weighted by Crippen LogP contribution is -2.19. The first-order valence-corrected chi connectivity index (χ1v) is 7.16. The first kappa shape index (κ1) is 17.9. The normalized spacial score (nSPS) is 12.1. The van der Waals surface area contributed by atoms with Crippen molar-refractivity contribution in [1.82, 2.24) is 10.3 Å². The van der Waals surface area contributed by atoms with Crippen LogP contribution in [-0.4, -0.2) is 24.3 Å². The van der Waals surface area contributed by atoms with Gasteiger partial charge in [-0.25, -0.2) is 0 Å². The van der Waals surface area contributed by atoms with Gasteiger partial charge in [0.05, 0.1) is 12.3 Å². The summed E-state index contributed by atoms with van der Waals surface area (Å²) in [5, 5.41) is 3.32. The number of hydrogen-bond acceptors (Lipinski definition) is 3. The van der Waals surface area contributed by atoms with Gasteiger partial charge in [0.15, 0.2) is 0 Å². The summed E-state index contributed by atoms with van der Waals surface area (Å²) in [6.07, 6.45) is -3.16. The first-order chi connectivity index (χ1) is 9.87. The van der Waals surface area contributed by atoms with E-state index in [9.17, 15) is 13.2 Å². The summed E-state index contributed by atoms with van der Waals surface area (Å²) < 4.78 is 41.0. The van der Waals surface area contributed by atoms with E-state index >= 15 is 0 Å². The molecular weight excluding hydrogens is 281 g/mol. The van der Waals surface area contributed by atoms with Crippen molar-refractivity contribution in [2.75, 3.05) is 13.2 Å². The molecule has 0 atom stereocenters. The van der Waals surface area contributed by atoms with Crippen LogP contribution in [0.3, 0.4) is 0 Å². The second-order valence-electron chi connectivity index (χ2n) is 5.45. The van der Waals surface area contributed by atoms with E-state index < -0.39 is 12.6 Å². The molecule has 0 spiro atoms. The lowest BCUT2D eigenvalue weighted by atomic mass is 10.2. The number of aromatic nitrogens is 1. The molecule has 0 amide bonds. The Kier molecular flexibility index (Phi) is 7.67. The van der Waals surface area contributed by atoms with Gasteiger partial charge in [-0.2, -0.15) is 13.2 Å². The smallest absolute Gasteiger partial charge is 0.375 e. The van der Waals surface area contributed by atoms with E-state index in [0.29, 0.717) is 5.92 Å². The molecule has 0 aliphatic carbocycles. The van der Waals surface area contributed by atoms with Gasteiger partial charge in [-0.15, -0.1) is 0 Å². The molecule has 120 valence electrons. The first-order valence-electron chi connectivity index (χ1n) is 7.16. The number of halogens is 3. The maximum Gasteiger partial charge on any atom is 0.389 e. The summed E-state index contributed by atoms with van der Waals surface area (Å²) in [5.41, 5.74) is 1.81. The molecule has 1 aromatic heterocycles. The van der Waals surface area contributed by atoms with Crippen LogP contribution in [0.2, 0.25) is 0 Å². The van der Waals surface area contributed by atoms with E-state index in [4.69, 9.17) is 4.74 Å². The summed E-state index contributed by atoms with van der Waals surface area (Å²) in [4.78, 5) is 4.24. The van der Waals surface area contributed by atoms with Crippen LogP contribution in [0, 0.1) is 5.92 Å². The molecule has 0 unspecified atom stereocenters. The third kappa shape index (κ3) is 9.42. The average molecular weight is 304 g/mol. The molecule has 0 saturated carbocycles. The number of hydrogen-bond donors (Lipinski definition) is 1. The number of alkyl halides is 3. The van der Waals surface area contributed by atoms with Crippen LogP contribution >= 0.6 is 0 Å². The second-order valence-corrected chi connectivity index (χ2v) is 5.45. The maximum absolute atomic E-state index is 11.9. The Labute approximate surface area is 123 Å². The lowest BCUT2D eigenvalue weighted by molar-refractivity contribution is -0.138. The molecule has 1 heterocycles. The van der Waals surface area contributed by atoms with Crippen molar-refractivity contribution in [3.05, 3.63) is 29.6 Å². The fourth-order valence-electron chi connectivity index (χ4n) is 1.70. The van der Waals surface area contributed by atoms with E-state index in [0.717, 1.165) is 24.3 Å².